The Bertz CT molecular complexity index is 1130. The predicted molar refractivity (Wildman–Crippen MR) is 120 cm³/mol. The average molecular weight is 511 g/mol. The molecule has 0 unspecified atom stereocenters. The second kappa shape index (κ2) is 10.3. The molecule has 0 aliphatic carbocycles. The number of rotatable bonds is 10. The number of aliphatic carboxylic acids is 2. The van der Waals surface area contributed by atoms with Gasteiger partial charge in [-0.1, -0.05) is 17.8 Å². The zero-order valence-electron chi connectivity index (χ0n) is 17.2. The van der Waals surface area contributed by atoms with E-state index in [4.69, 9.17) is 15.7 Å². The summed E-state index contributed by atoms with van der Waals surface area (Å²) in [4.78, 5) is 69.2. The number of nitrogens with one attached hydrogen (secondary N) is 2. The summed E-state index contributed by atoms with van der Waals surface area (Å²) < 4.78 is 0. The Morgan fingerprint density at radius 1 is 1.38 bits per heavy atom. The van der Waals surface area contributed by atoms with Gasteiger partial charge in [-0.05, 0) is 5.57 Å². The zero-order valence-corrected chi connectivity index (χ0v) is 18.9. The molecule has 34 heavy (non-hydrogen) atoms. The quantitative estimate of drug-likeness (QED) is 0.140. The summed E-state index contributed by atoms with van der Waals surface area (Å²) in [6.07, 6.45) is 1.37. The van der Waals surface area contributed by atoms with Crippen molar-refractivity contribution in [2.24, 2.45) is 5.16 Å². The summed E-state index contributed by atoms with van der Waals surface area (Å²) in [5.74, 6) is -4.55. The molecule has 2 aliphatic heterocycles. The summed E-state index contributed by atoms with van der Waals surface area (Å²) >= 11 is 2.26. The van der Waals surface area contributed by atoms with Crippen LogP contribution >= 0.6 is 23.1 Å². The molecule has 2 atom stereocenters. The highest BCUT2D eigenvalue weighted by atomic mass is 32.2. The number of anilines is 1. The first-order chi connectivity index (χ1) is 16.1. The standard InChI is InChI=1S/C18H18N6O8S2/c1-2-7-5-33-16-12(15(29)24(16)13(7)17(30)31)22-14(28)11(8-6-34-18(19)21-8)23-32-4-9(25)20-3-10(26)27/h2,6,12,16H,1,3-5H2,(H2,19,21)(H,20,25)(H,22,28)(H,26,27)(H,30,31)/b23-11-/t12-,16-/m1/s1. The summed E-state index contributed by atoms with van der Waals surface area (Å²) in [5, 5.41) is 27.1. The average Bonchev–Trinajstić information content (AvgIpc) is 3.23. The fraction of sp³-hybridized carbons (Fsp3) is 0.278. The van der Waals surface area contributed by atoms with Gasteiger partial charge in [0.15, 0.2) is 17.5 Å². The molecule has 0 radical (unpaired) electrons. The van der Waals surface area contributed by atoms with Crippen molar-refractivity contribution in [2.45, 2.75) is 11.4 Å². The maximum atomic E-state index is 12.9. The van der Waals surface area contributed by atoms with E-state index >= 15 is 0 Å². The first-order valence-corrected chi connectivity index (χ1v) is 11.3. The van der Waals surface area contributed by atoms with Crippen LogP contribution in [0.3, 0.4) is 0 Å². The van der Waals surface area contributed by atoms with Crippen LogP contribution in [0.25, 0.3) is 0 Å². The minimum Gasteiger partial charge on any atom is -0.480 e. The van der Waals surface area contributed by atoms with Gasteiger partial charge < -0.3 is 31.4 Å². The van der Waals surface area contributed by atoms with Gasteiger partial charge in [-0.3, -0.25) is 24.1 Å². The molecule has 1 fully saturated rings. The van der Waals surface area contributed by atoms with Crippen molar-refractivity contribution in [3.8, 4) is 0 Å². The van der Waals surface area contributed by atoms with E-state index in [0.717, 1.165) is 16.2 Å². The number of oxime groups is 1. The first-order valence-electron chi connectivity index (χ1n) is 9.38. The van der Waals surface area contributed by atoms with Crippen LogP contribution in [0.2, 0.25) is 0 Å². The molecular formula is C18H18N6O8S2. The Morgan fingerprint density at radius 3 is 2.71 bits per heavy atom. The number of carboxylic acid groups (broad SMARTS) is 2. The number of hydrogen-bond acceptors (Lipinski definition) is 11. The SMILES string of the molecule is C=CC1=C(C(=O)O)N2C(=O)[C@@H](NC(=O)/C(=N\OCC(=O)NCC(=O)O)c3csc(N)n3)[C@H]2SC1. The summed E-state index contributed by atoms with van der Waals surface area (Å²) in [6.45, 7) is 2.26. The van der Waals surface area contributed by atoms with Crippen molar-refractivity contribution in [1.29, 1.82) is 0 Å². The summed E-state index contributed by atoms with van der Waals surface area (Å²) in [7, 11) is 0. The van der Waals surface area contributed by atoms with Crippen LogP contribution in [0.15, 0.2) is 34.5 Å². The number of fused-ring (bicyclic) bond motifs is 1. The third-order valence-corrected chi connectivity index (χ3v) is 6.48. The molecule has 1 aromatic rings. The molecule has 0 bridgehead atoms. The smallest absolute Gasteiger partial charge is 0.352 e. The first kappa shape index (κ1) is 24.7. The number of hydrogen-bond donors (Lipinski definition) is 5. The van der Waals surface area contributed by atoms with Crippen LogP contribution in [0.5, 0.6) is 0 Å². The normalized spacial score (nSPS) is 19.6. The monoisotopic (exact) mass is 510 g/mol. The fourth-order valence-electron chi connectivity index (χ4n) is 2.99. The Hall–Kier alpha value is -3.92. The van der Waals surface area contributed by atoms with Crippen LogP contribution < -0.4 is 16.4 Å². The number of thioether (sulfide) groups is 1. The van der Waals surface area contributed by atoms with Crippen LogP contribution in [-0.4, -0.2) is 85.8 Å². The molecule has 3 amide bonds. The van der Waals surface area contributed by atoms with E-state index in [1.807, 2.05) is 0 Å². The Kier molecular flexibility index (Phi) is 7.52. The molecule has 14 nitrogen and oxygen atoms in total. The van der Waals surface area contributed by atoms with Gasteiger partial charge in [-0.25, -0.2) is 9.78 Å². The topological polar surface area (TPSA) is 214 Å². The van der Waals surface area contributed by atoms with Crippen molar-refractivity contribution >= 4 is 63.6 Å². The van der Waals surface area contributed by atoms with E-state index in [1.54, 1.807) is 0 Å². The second-order valence-electron chi connectivity index (χ2n) is 6.70. The van der Waals surface area contributed by atoms with Crippen LogP contribution in [-0.2, 0) is 28.8 Å². The third-order valence-electron chi connectivity index (χ3n) is 4.50. The van der Waals surface area contributed by atoms with Crippen molar-refractivity contribution in [3.05, 3.63) is 35.0 Å². The minimum absolute atomic E-state index is 0.0194. The molecule has 1 saturated heterocycles. The van der Waals surface area contributed by atoms with Gasteiger partial charge in [0.1, 0.15) is 29.4 Å². The number of nitrogens with two attached hydrogens (primary N) is 1. The number of β-lactam (4-membered cyclic amide) rings is 1. The van der Waals surface area contributed by atoms with Gasteiger partial charge in [-0.2, -0.15) is 0 Å². The Balaban J connectivity index is 1.73. The van der Waals surface area contributed by atoms with Gasteiger partial charge in [-0.15, -0.1) is 23.1 Å². The molecule has 180 valence electrons. The lowest BCUT2D eigenvalue weighted by Gasteiger charge is -2.49. The number of nitrogens with zero attached hydrogens (tertiary/aromatic N) is 3. The fourth-order valence-corrected chi connectivity index (χ4v) is 4.88. The molecule has 16 heteroatoms. The molecule has 0 saturated carbocycles. The van der Waals surface area contributed by atoms with E-state index in [2.05, 4.69) is 27.4 Å². The summed E-state index contributed by atoms with van der Waals surface area (Å²) in [5.41, 5.74) is 5.44. The van der Waals surface area contributed by atoms with E-state index in [-0.39, 0.29) is 28.0 Å². The van der Waals surface area contributed by atoms with E-state index in [9.17, 15) is 29.1 Å². The zero-order chi connectivity index (χ0) is 25.0. The molecule has 3 rings (SSSR count). The predicted octanol–water partition coefficient (Wildman–Crippen LogP) is -1.43. The molecule has 2 aliphatic rings. The Morgan fingerprint density at radius 2 is 2.12 bits per heavy atom. The van der Waals surface area contributed by atoms with E-state index < -0.39 is 54.2 Å². The highest BCUT2D eigenvalue weighted by Crippen LogP contribution is 2.40. The van der Waals surface area contributed by atoms with Gasteiger partial charge >= 0.3 is 11.9 Å². The number of carbonyl (C=O) groups is 5. The van der Waals surface area contributed by atoms with Crippen molar-refractivity contribution < 1.29 is 39.0 Å². The van der Waals surface area contributed by atoms with Gasteiger partial charge in [0.25, 0.3) is 17.7 Å². The van der Waals surface area contributed by atoms with Crippen molar-refractivity contribution in [2.75, 3.05) is 24.6 Å². The highest BCUT2D eigenvalue weighted by Gasteiger charge is 2.54. The number of amides is 3. The molecule has 6 N–H and O–H groups in total. The number of nitrogen functional groups attached to an aromatic ring is 1. The van der Waals surface area contributed by atoms with Gasteiger partial charge in [0, 0.05) is 11.1 Å². The van der Waals surface area contributed by atoms with E-state index in [0.29, 0.717) is 5.57 Å². The lowest BCUT2D eigenvalue weighted by molar-refractivity contribution is -0.150. The number of carbonyl (C=O) groups excluding carboxylic acids is 3. The second-order valence-corrected chi connectivity index (χ2v) is 8.69. The molecule has 1 aromatic heterocycles. The lowest BCUT2D eigenvalue weighted by atomic mass is 10.0. The number of allylic oxidation sites excluding steroid dienone is 1. The number of thiazole rings is 1. The number of aromatic nitrogens is 1. The van der Waals surface area contributed by atoms with Crippen molar-refractivity contribution in [3.63, 3.8) is 0 Å². The third kappa shape index (κ3) is 5.18. The number of carboxylic acids is 2. The minimum atomic E-state index is -1.28. The van der Waals surface area contributed by atoms with Crippen LogP contribution in [0.1, 0.15) is 5.69 Å². The summed E-state index contributed by atoms with van der Waals surface area (Å²) in [6, 6.07) is -1.04. The maximum absolute atomic E-state index is 12.9. The molecule has 0 spiro atoms. The molecule has 3 heterocycles. The largest absolute Gasteiger partial charge is 0.480 e. The van der Waals surface area contributed by atoms with Gasteiger partial charge in [0.05, 0.1) is 0 Å². The van der Waals surface area contributed by atoms with Crippen LogP contribution in [0, 0.1) is 0 Å². The van der Waals surface area contributed by atoms with Gasteiger partial charge in [0.2, 0.25) is 0 Å². The highest BCUT2D eigenvalue weighted by molar-refractivity contribution is 8.00. The van der Waals surface area contributed by atoms with Crippen molar-refractivity contribution in [1.82, 2.24) is 20.5 Å². The maximum Gasteiger partial charge on any atom is 0.352 e. The lowest BCUT2D eigenvalue weighted by Crippen LogP contribution is -2.71. The van der Waals surface area contributed by atoms with E-state index in [1.165, 1.54) is 23.2 Å². The molecule has 0 aromatic carbocycles. The Labute approximate surface area is 199 Å². The molecular weight excluding hydrogens is 492 g/mol. The van der Waals surface area contributed by atoms with Crippen LogP contribution in [0.4, 0.5) is 5.13 Å².